The van der Waals surface area contributed by atoms with Gasteiger partial charge in [0.05, 0.1) is 12.3 Å². The van der Waals surface area contributed by atoms with Crippen molar-refractivity contribution in [3.8, 4) is 11.9 Å². The van der Waals surface area contributed by atoms with Crippen LogP contribution < -0.4 is 10.6 Å². The quantitative estimate of drug-likeness (QED) is 0.802. The zero-order valence-electron chi connectivity index (χ0n) is 11.3. The molecule has 0 bridgehead atoms. The second-order valence-electron chi connectivity index (χ2n) is 4.89. The molecule has 0 unspecified atom stereocenters. The van der Waals surface area contributed by atoms with E-state index in [1.54, 1.807) is 12.4 Å². The number of nitriles is 1. The standard InChI is InChI=1S/C13H15N7O/c14-7-10-12(15)20(11-8-16-3-4-17-11)18-13(10)19-5-1-9(21)2-6-19/h3-4,8-9,21H,1-2,5-6,15H2. The number of nitrogen functional groups attached to an aromatic ring is 1. The molecule has 3 rings (SSSR count). The number of hydrogen-bond donors (Lipinski definition) is 2. The van der Waals surface area contributed by atoms with Crippen molar-refractivity contribution in [2.75, 3.05) is 23.7 Å². The summed E-state index contributed by atoms with van der Waals surface area (Å²) in [6.07, 6.45) is 5.66. The SMILES string of the molecule is N#Cc1c(N2CCC(O)CC2)nn(-c2cnccn2)c1N. The Bertz CT molecular complexity index is 668. The first-order valence-electron chi connectivity index (χ1n) is 6.68. The van der Waals surface area contributed by atoms with Crippen LogP contribution in [0, 0.1) is 11.3 Å². The summed E-state index contributed by atoms with van der Waals surface area (Å²) in [5, 5.41) is 23.3. The van der Waals surface area contributed by atoms with E-state index in [1.165, 1.54) is 10.9 Å². The minimum atomic E-state index is -0.286. The van der Waals surface area contributed by atoms with Crippen molar-refractivity contribution in [2.45, 2.75) is 18.9 Å². The lowest BCUT2D eigenvalue weighted by Crippen LogP contribution is -2.36. The van der Waals surface area contributed by atoms with Gasteiger partial charge in [0.1, 0.15) is 17.5 Å². The highest BCUT2D eigenvalue weighted by molar-refractivity contribution is 5.66. The van der Waals surface area contributed by atoms with Crippen LogP contribution >= 0.6 is 0 Å². The Morgan fingerprint density at radius 1 is 1.33 bits per heavy atom. The molecule has 0 atom stereocenters. The van der Waals surface area contributed by atoms with Crippen molar-refractivity contribution in [3.05, 3.63) is 24.2 Å². The van der Waals surface area contributed by atoms with Gasteiger partial charge in [-0.2, -0.15) is 9.94 Å². The minimum Gasteiger partial charge on any atom is -0.393 e. The zero-order chi connectivity index (χ0) is 14.8. The molecule has 108 valence electrons. The summed E-state index contributed by atoms with van der Waals surface area (Å²) in [5.74, 6) is 1.25. The normalized spacial score (nSPS) is 15.9. The van der Waals surface area contributed by atoms with Gasteiger partial charge in [0.2, 0.25) is 0 Å². The van der Waals surface area contributed by atoms with Crippen LogP contribution in [-0.2, 0) is 0 Å². The van der Waals surface area contributed by atoms with Crippen LogP contribution in [-0.4, -0.2) is 44.0 Å². The molecule has 2 aromatic heterocycles. The van der Waals surface area contributed by atoms with E-state index in [9.17, 15) is 10.4 Å². The maximum atomic E-state index is 9.58. The Morgan fingerprint density at radius 2 is 2.10 bits per heavy atom. The van der Waals surface area contributed by atoms with Crippen LogP contribution in [0.1, 0.15) is 18.4 Å². The van der Waals surface area contributed by atoms with Gasteiger partial charge in [-0.25, -0.2) is 4.98 Å². The molecule has 0 spiro atoms. The molecule has 0 aromatic carbocycles. The smallest absolute Gasteiger partial charge is 0.174 e. The molecule has 3 heterocycles. The predicted octanol–water partition coefficient (Wildman–Crippen LogP) is 0.0773. The summed E-state index contributed by atoms with van der Waals surface area (Å²) >= 11 is 0. The first-order valence-corrected chi connectivity index (χ1v) is 6.68. The molecule has 0 radical (unpaired) electrons. The van der Waals surface area contributed by atoms with Gasteiger partial charge in [0.25, 0.3) is 0 Å². The van der Waals surface area contributed by atoms with E-state index in [2.05, 4.69) is 21.1 Å². The minimum absolute atomic E-state index is 0.249. The second kappa shape index (κ2) is 5.38. The second-order valence-corrected chi connectivity index (χ2v) is 4.89. The summed E-state index contributed by atoms with van der Waals surface area (Å²) in [6.45, 7) is 1.29. The highest BCUT2D eigenvalue weighted by Crippen LogP contribution is 2.28. The van der Waals surface area contributed by atoms with E-state index in [4.69, 9.17) is 5.73 Å². The Hall–Kier alpha value is -2.66. The van der Waals surface area contributed by atoms with Crippen LogP contribution in [0.3, 0.4) is 0 Å². The number of nitrogens with zero attached hydrogens (tertiary/aromatic N) is 6. The summed E-state index contributed by atoms with van der Waals surface area (Å²) in [7, 11) is 0. The summed E-state index contributed by atoms with van der Waals surface area (Å²) < 4.78 is 1.42. The zero-order valence-corrected chi connectivity index (χ0v) is 11.3. The lowest BCUT2D eigenvalue weighted by molar-refractivity contribution is 0.145. The molecule has 8 nitrogen and oxygen atoms in total. The Labute approximate surface area is 121 Å². The Kier molecular flexibility index (Phi) is 3.41. The third-order valence-corrected chi connectivity index (χ3v) is 3.55. The molecule has 1 aliphatic rings. The maximum absolute atomic E-state index is 9.58. The molecule has 2 aromatic rings. The van der Waals surface area contributed by atoms with Gasteiger partial charge in [-0.1, -0.05) is 0 Å². The molecule has 1 fully saturated rings. The first-order chi connectivity index (χ1) is 10.2. The van der Waals surface area contributed by atoms with Gasteiger partial charge in [-0.05, 0) is 12.8 Å². The fourth-order valence-electron chi connectivity index (χ4n) is 2.40. The monoisotopic (exact) mass is 285 g/mol. The molecule has 8 heteroatoms. The van der Waals surface area contributed by atoms with Gasteiger partial charge in [-0.3, -0.25) is 4.98 Å². The lowest BCUT2D eigenvalue weighted by atomic mass is 10.1. The summed E-state index contributed by atoms with van der Waals surface area (Å²) in [4.78, 5) is 10.1. The number of piperidine rings is 1. The molecule has 1 saturated heterocycles. The third-order valence-electron chi connectivity index (χ3n) is 3.55. The van der Waals surface area contributed by atoms with E-state index in [0.29, 0.717) is 43.1 Å². The first kappa shape index (κ1) is 13.3. The number of aliphatic hydroxyl groups is 1. The number of anilines is 2. The fourth-order valence-corrected chi connectivity index (χ4v) is 2.40. The van der Waals surface area contributed by atoms with E-state index < -0.39 is 0 Å². The van der Waals surface area contributed by atoms with Crippen molar-refractivity contribution in [1.29, 1.82) is 5.26 Å². The van der Waals surface area contributed by atoms with Crippen LogP contribution in [0.5, 0.6) is 0 Å². The van der Waals surface area contributed by atoms with Crippen molar-refractivity contribution < 1.29 is 5.11 Å². The number of aliphatic hydroxyl groups excluding tert-OH is 1. The van der Waals surface area contributed by atoms with Gasteiger partial charge in [-0.15, -0.1) is 5.10 Å². The topological polar surface area (TPSA) is 117 Å². The summed E-state index contributed by atoms with van der Waals surface area (Å²) in [6, 6.07) is 2.10. The average Bonchev–Trinajstić information content (AvgIpc) is 2.85. The number of nitrogens with two attached hydrogens (primary N) is 1. The number of rotatable bonds is 2. The average molecular weight is 285 g/mol. The third kappa shape index (κ3) is 2.39. The van der Waals surface area contributed by atoms with Crippen LogP contribution in [0.15, 0.2) is 18.6 Å². The van der Waals surface area contributed by atoms with Gasteiger partial charge < -0.3 is 15.7 Å². The summed E-state index contributed by atoms with van der Waals surface area (Å²) in [5.41, 5.74) is 6.35. The van der Waals surface area contributed by atoms with E-state index in [-0.39, 0.29) is 11.9 Å². The largest absolute Gasteiger partial charge is 0.393 e. The molecule has 21 heavy (non-hydrogen) atoms. The van der Waals surface area contributed by atoms with Crippen LogP contribution in [0.4, 0.5) is 11.6 Å². The number of hydrogen-bond acceptors (Lipinski definition) is 7. The van der Waals surface area contributed by atoms with E-state index in [0.717, 1.165) is 0 Å². The molecular formula is C13H15N7O. The Morgan fingerprint density at radius 3 is 2.71 bits per heavy atom. The number of aromatic nitrogens is 4. The van der Waals surface area contributed by atoms with Crippen LogP contribution in [0.25, 0.3) is 5.82 Å². The van der Waals surface area contributed by atoms with Crippen molar-refractivity contribution in [2.24, 2.45) is 0 Å². The molecule has 0 saturated carbocycles. The van der Waals surface area contributed by atoms with Crippen molar-refractivity contribution in [1.82, 2.24) is 19.7 Å². The Balaban J connectivity index is 2.00. The highest BCUT2D eigenvalue weighted by atomic mass is 16.3. The fraction of sp³-hybridized carbons (Fsp3) is 0.385. The van der Waals surface area contributed by atoms with Crippen molar-refractivity contribution in [3.63, 3.8) is 0 Å². The molecule has 1 aliphatic heterocycles. The predicted molar refractivity (Wildman–Crippen MR) is 75.7 cm³/mol. The van der Waals surface area contributed by atoms with E-state index >= 15 is 0 Å². The molecule has 3 N–H and O–H groups in total. The molecule has 0 amide bonds. The van der Waals surface area contributed by atoms with Gasteiger partial charge >= 0.3 is 0 Å². The molecule has 0 aliphatic carbocycles. The van der Waals surface area contributed by atoms with Crippen LogP contribution in [0.2, 0.25) is 0 Å². The highest BCUT2D eigenvalue weighted by Gasteiger charge is 2.25. The van der Waals surface area contributed by atoms with Gasteiger partial charge in [0, 0.05) is 25.5 Å². The lowest BCUT2D eigenvalue weighted by Gasteiger charge is -2.29. The maximum Gasteiger partial charge on any atom is 0.174 e. The van der Waals surface area contributed by atoms with Crippen molar-refractivity contribution >= 4 is 11.6 Å². The van der Waals surface area contributed by atoms with E-state index in [1.807, 2.05) is 4.90 Å². The van der Waals surface area contributed by atoms with Gasteiger partial charge in [0.15, 0.2) is 11.6 Å². The molecular weight excluding hydrogens is 270 g/mol.